The van der Waals surface area contributed by atoms with E-state index in [0.29, 0.717) is 29.0 Å². The van der Waals surface area contributed by atoms with Crippen molar-refractivity contribution in [3.63, 3.8) is 0 Å². The van der Waals surface area contributed by atoms with Gasteiger partial charge < -0.3 is 14.2 Å². The zero-order chi connectivity index (χ0) is 13.6. The van der Waals surface area contributed by atoms with E-state index in [-0.39, 0.29) is 18.1 Å². The maximum Gasteiger partial charge on any atom is 0.270 e. The van der Waals surface area contributed by atoms with Crippen LogP contribution >= 0.6 is 23.2 Å². The third-order valence-corrected chi connectivity index (χ3v) is 4.92. The molecule has 1 aliphatic heterocycles. The third-order valence-electron chi connectivity index (χ3n) is 4.08. The van der Waals surface area contributed by atoms with Crippen molar-refractivity contribution in [3.8, 4) is 0 Å². The van der Waals surface area contributed by atoms with E-state index in [1.54, 1.807) is 17.7 Å². The molecule has 3 rings (SSSR count). The average Bonchev–Trinajstić information content (AvgIpc) is 2.98. The SMILES string of the molecule is Cn1c(C(=O)N2CCO[C@@H]3CCC[C@H]32)cc(Cl)c1Cl. The number of fused-ring (bicyclic) bond motifs is 1. The molecule has 6 heteroatoms. The minimum atomic E-state index is -0.00324. The quantitative estimate of drug-likeness (QED) is 0.799. The number of carbonyl (C=O) groups excluding carboxylic acids is 1. The zero-order valence-electron chi connectivity index (χ0n) is 10.7. The predicted octanol–water partition coefficient (Wildman–Crippen LogP) is 2.73. The monoisotopic (exact) mass is 302 g/mol. The summed E-state index contributed by atoms with van der Waals surface area (Å²) in [5.41, 5.74) is 0.544. The molecule has 0 radical (unpaired) electrons. The summed E-state index contributed by atoms with van der Waals surface area (Å²) in [5.74, 6) is -0.00324. The van der Waals surface area contributed by atoms with Gasteiger partial charge >= 0.3 is 0 Å². The summed E-state index contributed by atoms with van der Waals surface area (Å²) in [6.07, 6.45) is 3.38. The topological polar surface area (TPSA) is 34.5 Å². The lowest BCUT2D eigenvalue weighted by molar-refractivity contribution is -0.0448. The molecule has 1 saturated heterocycles. The first kappa shape index (κ1) is 13.3. The highest BCUT2D eigenvalue weighted by Gasteiger charge is 2.39. The summed E-state index contributed by atoms with van der Waals surface area (Å²) in [7, 11) is 1.76. The third kappa shape index (κ3) is 2.16. The van der Waals surface area contributed by atoms with Gasteiger partial charge in [0.05, 0.1) is 23.8 Å². The van der Waals surface area contributed by atoms with E-state index in [4.69, 9.17) is 27.9 Å². The van der Waals surface area contributed by atoms with E-state index >= 15 is 0 Å². The molecule has 19 heavy (non-hydrogen) atoms. The van der Waals surface area contributed by atoms with E-state index in [1.807, 2.05) is 4.90 Å². The molecule has 2 heterocycles. The lowest BCUT2D eigenvalue weighted by atomic mass is 10.1. The second kappa shape index (κ2) is 5.00. The number of aromatic nitrogens is 1. The molecule has 0 aromatic carbocycles. The van der Waals surface area contributed by atoms with Crippen molar-refractivity contribution in [2.75, 3.05) is 13.2 Å². The molecular formula is C13H16Cl2N2O2. The first-order chi connectivity index (χ1) is 9.09. The fourth-order valence-corrected chi connectivity index (χ4v) is 3.45. The number of amides is 1. The van der Waals surface area contributed by atoms with Gasteiger partial charge in [-0.15, -0.1) is 0 Å². The van der Waals surface area contributed by atoms with Crippen LogP contribution in [0.5, 0.6) is 0 Å². The molecule has 1 saturated carbocycles. The lowest BCUT2D eigenvalue weighted by Crippen LogP contribution is -2.51. The number of halogens is 2. The molecule has 0 bridgehead atoms. The first-order valence-corrected chi connectivity index (χ1v) is 7.28. The predicted molar refractivity (Wildman–Crippen MR) is 73.8 cm³/mol. The smallest absolute Gasteiger partial charge is 0.270 e. The molecule has 4 nitrogen and oxygen atoms in total. The van der Waals surface area contributed by atoms with Gasteiger partial charge in [0.2, 0.25) is 0 Å². The van der Waals surface area contributed by atoms with Gasteiger partial charge in [-0.2, -0.15) is 0 Å². The lowest BCUT2D eigenvalue weighted by Gasteiger charge is -2.37. The Morgan fingerprint density at radius 2 is 2.21 bits per heavy atom. The largest absolute Gasteiger partial charge is 0.374 e. The molecule has 1 aromatic heterocycles. The van der Waals surface area contributed by atoms with Crippen LogP contribution < -0.4 is 0 Å². The normalized spacial score (nSPS) is 26.6. The fourth-order valence-electron chi connectivity index (χ4n) is 3.07. The van der Waals surface area contributed by atoms with Crippen LogP contribution in [0, 0.1) is 0 Å². The first-order valence-electron chi connectivity index (χ1n) is 6.53. The van der Waals surface area contributed by atoms with Crippen molar-refractivity contribution in [2.24, 2.45) is 7.05 Å². The van der Waals surface area contributed by atoms with Crippen molar-refractivity contribution in [1.29, 1.82) is 0 Å². The van der Waals surface area contributed by atoms with Crippen LogP contribution in [0.15, 0.2) is 6.07 Å². The van der Waals surface area contributed by atoms with Gasteiger partial charge in [0.15, 0.2) is 0 Å². The van der Waals surface area contributed by atoms with Crippen LogP contribution in [0.25, 0.3) is 0 Å². The number of morpholine rings is 1. The van der Waals surface area contributed by atoms with Gasteiger partial charge in [0.25, 0.3) is 5.91 Å². The Labute approximate surface area is 122 Å². The molecule has 2 aliphatic rings. The Balaban J connectivity index is 1.88. The molecule has 0 N–H and O–H groups in total. The number of ether oxygens (including phenoxy) is 1. The Morgan fingerprint density at radius 3 is 2.89 bits per heavy atom. The van der Waals surface area contributed by atoms with Crippen molar-refractivity contribution >= 4 is 29.1 Å². The van der Waals surface area contributed by atoms with Gasteiger partial charge in [-0.1, -0.05) is 23.2 Å². The molecular weight excluding hydrogens is 287 g/mol. The number of nitrogens with zero attached hydrogens (tertiary/aromatic N) is 2. The summed E-state index contributed by atoms with van der Waals surface area (Å²) < 4.78 is 7.37. The van der Waals surface area contributed by atoms with E-state index < -0.39 is 0 Å². The zero-order valence-corrected chi connectivity index (χ0v) is 12.2. The van der Waals surface area contributed by atoms with Gasteiger partial charge in [-0.05, 0) is 25.3 Å². The Morgan fingerprint density at radius 1 is 1.42 bits per heavy atom. The molecule has 2 fully saturated rings. The van der Waals surface area contributed by atoms with Crippen molar-refractivity contribution in [3.05, 3.63) is 21.9 Å². The second-order valence-electron chi connectivity index (χ2n) is 5.13. The summed E-state index contributed by atoms with van der Waals surface area (Å²) >= 11 is 12.0. The number of rotatable bonds is 1. The van der Waals surface area contributed by atoms with Gasteiger partial charge in [0, 0.05) is 13.6 Å². The number of hydrogen-bond donors (Lipinski definition) is 0. The maximum atomic E-state index is 12.7. The standard InChI is InChI=1S/C13H16Cl2N2O2/c1-16-10(7-8(14)12(16)15)13(18)17-5-6-19-11-4-2-3-9(11)17/h7,9,11H,2-6H2,1H3/t9-,11-/m1/s1. The Hall–Kier alpha value is -0.710. The van der Waals surface area contributed by atoms with Crippen LogP contribution in [0.1, 0.15) is 29.8 Å². The second-order valence-corrected chi connectivity index (χ2v) is 5.90. The van der Waals surface area contributed by atoms with Crippen LogP contribution in [0.4, 0.5) is 0 Å². The molecule has 1 aromatic rings. The van der Waals surface area contributed by atoms with Crippen molar-refractivity contribution in [1.82, 2.24) is 9.47 Å². The molecule has 2 atom stereocenters. The highest BCUT2D eigenvalue weighted by Crippen LogP contribution is 2.32. The maximum absolute atomic E-state index is 12.7. The summed E-state index contributed by atoms with van der Waals surface area (Å²) in [4.78, 5) is 14.6. The summed E-state index contributed by atoms with van der Waals surface area (Å²) in [6.45, 7) is 1.25. The molecule has 1 amide bonds. The molecule has 0 spiro atoms. The molecule has 1 aliphatic carbocycles. The Kier molecular flexibility index (Phi) is 3.50. The van der Waals surface area contributed by atoms with Crippen LogP contribution in [-0.4, -0.2) is 40.7 Å². The molecule has 104 valence electrons. The highest BCUT2D eigenvalue weighted by atomic mass is 35.5. The minimum absolute atomic E-state index is 0.00324. The summed E-state index contributed by atoms with van der Waals surface area (Å²) in [5, 5.41) is 0.824. The van der Waals surface area contributed by atoms with Crippen molar-refractivity contribution in [2.45, 2.75) is 31.4 Å². The minimum Gasteiger partial charge on any atom is -0.374 e. The van der Waals surface area contributed by atoms with E-state index in [0.717, 1.165) is 19.3 Å². The summed E-state index contributed by atoms with van der Waals surface area (Å²) in [6, 6.07) is 1.85. The van der Waals surface area contributed by atoms with Crippen molar-refractivity contribution < 1.29 is 9.53 Å². The van der Waals surface area contributed by atoms with Crippen LogP contribution in [0.3, 0.4) is 0 Å². The van der Waals surface area contributed by atoms with Gasteiger partial charge in [-0.3, -0.25) is 4.79 Å². The molecule has 0 unspecified atom stereocenters. The van der Waals surface area contributed by atoms with Crippen LogP contribution in [-0.2, 0) is 11.8 Å². The Bertz CT molecular complexity index is 515. The fraction of sp³-hybridized carbons (Fsp3) is 0.615. The van der Waals surface area contributed by atoms with Gasteiger partial charge in [-0.25, -0.2) is 0 Å². The van der Waals surface area contributed by atoms with E-state index in [1.165, 1.54) is 0 Å². The average molecular weight is 303 g/mol. The highest BCUT2D eigenvalue weighted by molar-refractivity contribution is 6.41. The number of carbonyl (C=O) groups is 1. The van der Waals surface area contributed by atoms with E-state index in [9.17, 15) is 4.79 Å². The van der Waals surface area contributed by atoms with E-state index in [2.05, 4.69) is 0 Å². The van der Waals surface area contributed by atoms with Gasteiger partial charge in [0.1, 0.15) is 10.8 Å². The number of hydrogen-bond acceptors (Lipinski definition) is 2. The van der Waals surface area contributed by atoms with Crippen LogP contribution in [0.2, 0.25) is 10.2 Å².